The molecule has 2 bridgehead atoms. The van der Waals surface area contributed by atoms with E-state index in [-0.39, 0.29) is 5.91 Å². The zero-order valence-electron chi connectivity index (χ0n) is 19.0. The summed E-state index contributed by atoms with van der Waals surface area (Å²) in [5, 5.41) is 5.62. The van der Waals surface area contributed by atoms with Gasteiger partial charge >= 0.3 is 0 Å². The highest BCUT2D eigenvalue weighted by atomic mass is 16.2. The zero-order valence-corrected chi connectivity index (χ0v) is 19.0. The molecular formula is C28H27N5O. The van der Waals surface area contributed by atoms with Crippen molar-refractivity contribution in [3.63, 3.8) is 0 Å². The van der Waals surface area contributed by atoms with Gasteiger partial charge in [-0.25, -0.2) is 9.97 Å². The number of amides is 1. The molecule has 2 atom stereocenters. The zero-order chi connectivity index (χ0) is 22.9. The number of nitrogens with one attached hydrogen (secondary N) is 1. The van der Waals surface area contributed by atoms with Crippen LogP contribution in [0.25, 0.3) is 10.8 Å². The summed E-state index contributed by atoms with van der Waals surface area (Å²) in [5.41, 5.74) is 2.91. The number of aromatic nitrogens is 3. The average molecular weight is 450 g/mol. The molecule has 0 unspecified atom stereocenters. The van der Waals surface area contributed by atoms with Gasteiger partial charge in [-0.3, -0.25) is 9.78 Å². The molecule has 0 spiro atoms. The van der Waals surface area contributed by atoms with E-state index in [1.807, 2.05) is 36.7 Å². The highest BCUT2D eigenvalue weighted by molar-refractivity contribution is 5.96. The second-order valence-electron chi connectivity index (χ2n) is 9.47. The molecule has 4 aromatic rings. The third kappa shape index (κ3) is 4.12. The van der Waals surface area contributed by atoms with Gasteiger partial charge in [-0.2, -0.15) is 0 Å². The fourth-order valence-corrected chi connectivity index (χ4v) is 5.75. The van der Waals surface area contributed by atoms with Gasteiger partial charge in [-0.1, -0.05) is 18.2 Å². The number of rotatable bonds is 5. The maximum atomic E-state index is 13.5. The number of anilines is 2. The van der Waals surface area contributed by atoms with Crippen molar-refractivity contribution in [2.24, 2.45) is 5.92 Å². The first-order chi connectivity index (χ1) is 16.7. The highest BCUT2D eigenvalue weighted by Gasteiger charge is 2.43. The average Bonchev–Trinajstić information content (AvgIpc) is 3.14. The van der Waals surface area contributed by atoms with Gasteiger partial charge in [0.25, 0.3) is 5.91 Å². The molecule has 170 valence electrons. The summed E-state index contributed by atoms with van der Waals surface area (Å²) in [5.74, 6) is 1.27. The molecule has 6 nitrogen and oxygen atoms in total. The molecule has 2 fully saturated rings. The summed E-state index contributed by atoms with van der Waals surface area (Å²) < 4.78 is 0. The minimum absolute atomic E-state index is 0.139. The molecule has 4 heterocycles. The number of pyridine rings is 1. The van der Waals surface area contributed by atoms with Gasteiger partial charge in [-0.15, -0.1) is 0 Å². The summed E-state index contributed by atoms with van der Waals surface area (Å²) in [4.78, 5) is 28.4. The highest BCUT2D eigenvalue weighted by Crippen LogP contribution is 2.41. The quantitative estimate of drug-likeness (QED) is 0.442. The van der Waals surface area contributed by atoms with Crippen LogP contribution in [0.3, 0.4) is 0 Å². The number of fused-ring (bicyclic) bond motifs is 3. The molecule has 2 aliphatic rings. The van der Waals surface area contributed by atoms with Gasteiger partial charge in [0, 0.05) is 53.5 Å². The van der Waals surface area contributed by atoms with E-state index in [2.05, 4.69) is 49.4 Å². The molecule has 34 heavy (non-hydrogen) atoms. The Morgan fingerprint density at radius 2 is 1.74 bits per heavy atom. The number of piperidine rings is 1. The van der Waals surface area contributed by atoms with Crippen LogP contribution in [0.2, 0.25) is 0 Å². The lowest BCUT2D eigenvalue weighted by molar-refractivity contribution is 0.0524. The number of carbonyl (C=O) groups is 1. The van der Waals surface area contributed by atoms with Crippen LogP contribution in [0.1, 0.15) is 41.6 Å². The number of hydrogen-bond acceptors (Lipinski definition) is 5. The van der Waals surface area contributed by atoms with Crippen LogP contribution < -0.4 is 5.32 Å². The van der Waals surface area contributed by atoms with E-state index in [1.54, 1.807) is 18.5 Å². The van der Waals surface area contributed by atoms with Gasteiger partial charge in [0.15, 0.2) is 0 Å². The smallest absolute Gasteiger partial charge is 0.254 e. The lowest BCUT2D eigenvalue weighted by atomic mass is 9.85. The lowest BCUT2D eigenvalue weighted by Crippen LogP contribution is -2.46. The minimum Gasteiger partial charge on any atom is -0.333 e. The number of hydrogen-bond donors (Lipinski definition) is 1. The van der Waals surface area contributed by atoms with E-state index in [4.69, 9.17) is 0 Å². The van der Waals surface area contributed by atoms with Crippen LogP contribution >= 0.6 is 0 Å². The Kier molecular flexibility index (Phi) is 5.41. The lowest BCUT2D eigenvalue weighted by Gasteiger charge is -2.39. The molecule has 0 aliphatic carbocycles. The minimum atomic E-state index is 0.139. The van der Waals surface area contributed by atoms with Gasteiger partial charge in [0.2, 0.25) is 5.95 Å². The molecule has 6 rings (SSSR count). The summed E-state index contributed by atoms with van der Waals surface area (Å²) >= 11 is 0. The monoisotopic (exact) mass is 449 g/mol. The van der Waals surface area contributed by atoms with Crippen LogP contribution in [0.4, 0.5) is 11.6 Å². The standard InChI is InChI=1S/C28H27N5O/c34-27(22-3-1-4-24(17-22)32-28-30-10-2-11-31-28)33-25-7-8-26(33)16-20(15-25)13-19-5-6-21-9-12-29-18-23(21)14-19/h1-6,9-12,14,17-18,20,25-26H,7-8,13,15-16H2,(H,30,31,32)/t25-,26-/m0/s1. The SMILES string of the molecule is O=C(c1cccc(Nc2ncccn2)c1)N1[C@H]2CC[C@H]1CC(Cc1ccc3ccncc3c1)C2. The van der Waals surface area contributed by atoms with E-state index < -0.39 is 0 Å². The maximum Gasteiger partial charge on any atom is 0.254 e. The van der Waals surface area contributed by atoms with Gasteiger partial charge < -0.3 is 10.2 Å². The number of carbonyl (C=O) groups excluding carboxylic acids is 1. The Morgan fingerprint density at radius 1 is 0.912 bits per heavy atom. The van der Waals surface area contributed by atoms with Crippen LogP contribution in [0, 0.1) is 5.92 Å². The van der Waals surface area contributed by atoms with Crippen LogP contribution in [-0.4, -0.2) is 37.8 Å². The van der Waals surface area contributed by atoms with Gasteiger partial charge in [-0.05, 0) is 85.4 Å². The summed E-state index contributed by atoms with van der Waals surface area (Å²) in [6, 6.07) is 18.9. The van der Waals surface area contributed by atoms with E-state index >= 15 is 0 Å². The van der Waals surface area contributed by atoms with Crippen molar-refractivity contribution < 1.29 is 4.79 Å². The summed E-state index contributed by atoms with van der Waals surface area (Å²) in [7, 11) is 0. The van der Waals surface area contributed by atoms with Crippen molar-refractivity contribution in [2.45, 2.75) is 44.2 Å². The Morgan fingerprint density at radius 3 is 2.56 bits per heavy atom. The van der Waals surface area contributed by atoms with E-state index in [1.165, 1.54) is 16.3 Å². The second kappa shape index (κ2) is 8.86. The third-order valence-electron chi connectivity index (χ3n) is 7.23. The van der Waals surface area contributed by atoms with Crippen LogP contribution in [0.5, 0.6) is 0 Å². The van der Waals surface area contributed by atoms with E-state index in [0.717, 1.165) is 43.4 Å². The molecule has 2 aromatic carbocycles. The molecule has 0 saturated carbocycles. The third-order valence-corrected chi connectivity index (χ3v) is 7.23. The van der Waals surface area contributed by atoms with Crippen molar-refractivity contribution in [1.82, 2.24) is 19.9 Å². The van der Waals surface area contributed by atoms with E-state index in [0.29, 0.717) is 23.9 Å². The Balaban J connectivity index is 1.15. The van der Waals surface area contributed by atoms with Crippen molar-refractivity contribution in [3.8, 4) is 0 Å². The van der Waals surface area contributed by atoms with Crippen molar-refractivity contribution in [1.29, 1.82) is 0 Å². The van der Waals surface area contributed by atoms with Crippen molar-refractivity contribution in [2.75, 3.05) is 5.32 Å². The second-order valence-corrected chi connectivity index (χ2v) is 9.47. The Hall–Kier alpha value is -3.80. The molecule has 2 aromatic heterocycles. The number of nitrogens with zero attached hydrogens (tertiary/aromatic N) is 4. The van der Waals surface area contributed by atoms with Gasteiger partial charge in [0.05, 0.1) is 0 Å². The fourth-order valence-electron chi connectivity index (χ4n) is 5.75. The first-order valence-electron chi connectivity index (χ1n) is 12.0. The van der Waals surface area contributed by atoms with E-state index in [9.17, 15) is 4.79 Å². The topological polar surface area (TPSA) is 71.0 Å². The number of benzene rings is 2. The van der Waals surface area contributed by atoms with Gasteiger partial charge in [0.1, 0.15) is 0 Å². The first-order valence-corrected chi connectivity index (χ1v) is 12.0. The van der Waals surface area contributed by atoms with Crippen molar-refractivity contribution in [3.05, 3.63) is 90.5 Å². The summed E-state index contributed by atoms with van der Waals surface area (Å²) in [6.45, 7) is 0. The fraction of sp³-hybridized carbons (Fsp3) is 0.286. The molecule has 1 N–H and O–H groups in total. The largest absolute Gasteiger partial charge is 0.333 e. The molecule has 1 amide bonds. The molecule has 0 radical (unpaired) electrons. The maximum absolute atomic E-state index is 13.5. The molecule has 6 heteroatoms. The molecular weight excluding hydrogens is 422 g/mol. The van der Waals surface area contributed by atoms with Crippen LogP contribution in [-0.2, 0) is 6.42 Å². The molecule has 2 aliphatic heterocycles. The first kappa shape index (κ1) is 20.8. The molecule has 2 saturated heterocycles. The normalized spacial score (nSPS) is 21.5. The Bertz CT molecular complexity index is 1310. The predicted molar refractivity (Wildman–Crippen MR) is 133 cm³/mol. The Labute approximate surface area is 199 Å². The van der Waals surface area contributed by atoms with Crippen LogP contribution in [0.15, 0.2) is 79.4 Å². The van der Waals surface area contributed by atoms with Crippen molar-refractivity contribution >= 4 is 28.3 Å². The summed E-state index contributed by atoms with van der Waals surface area (Å²) in [6.07, 6.45) is 12.6. The predicted octanol–water partition coefficient (Wildman–Crippen LogP) is 5.39.